The van der Waals surface area contributed by atoms with E-state index < -0.39 is 23.2 Å². The molecule has 3 heterocycles. The summed E-state index contributed by atoms with van der Waals surface area (Å²) in [6.07, 6.45) is -1.22. The molecule has 0 saturated heterocycles. The van der Waals surface area contributed by atoms with Crippen molar-refractivity contribution in [1.29, 1.82) is 0 Å². The van der Waals surface area contributed by atoms with E-state index in [-0.39, 0.29) is 25.5 Å². The van der Waals surface area contributed by atoms with Crippen LogP contribution in [0.3, 0.4) is 0 Å². The van der Waals surface area contributed by atoms with Crippen LogP contribution in [0.2, 0.25) is 5.15 Å². The van der Waals surface area contributed by atoms with Gasteiger partial charge in [0.25, 0.3) is 5.56 Å². The van der Waals surface area contributed by atoms with Gasteiger partial charge in [0.2, 0.25) is 5.91 Å². The highest BCUT2D eigenvalue weighted by atomic mass is 35.5. The molecule has 3 aromatic heterocycles. The lowest BCUT2D eigenvalue weighted by Crippen LogP contribution is -2.46. The fourth-order valence-electron chi connectivity index (χ4n) is 3.74. The van der Waals surface area contributed by atoms with Crippen LogP contribution in [0.15, 0.2) is 21.7 Å². The zero-order chi connectivity index (χ0) is 26.7. The number of aromatic nitrogens is 5. The van der Waals surface area contributed by atoms with Crippen molar-refractivity contribution in [2.45, 2.75) is 47.3 Å². The summed E-state index contributed by atoms with van der Waals surface area (Å²) in [7, 11) is 1.68. The van der Waals surface area contributed by atoms with E-state index in [1.165, 1.54) is 15.3 Å². The quantitative estimate of drug-likeness (QED) is 0.345. The van der Waals surface area contributed by atoms with E-state index in [1.807, 2.05) is 0 Å². The Morgan fingerprint density at radius 2 is 1.75 bits per heavy atom. The standard InChI is InChI=1S/C22H27ClN8O5/c1-11-6-17(27-21(34)35)26-13(3)15(11)8-24-18(32)10-30-12(2)7-19(33)31(22(30)36)25-9-16-14(4)28-29(5)20(16)23/h6-7,25H,8-10H2,1-5H3,(H,24,32)(H,26,27)(H,34,35). The van der Waals surface area contributed by atoms with Crippen LogP contribution >= 0.6 is 11.6 Å². The Balaban J connectivity index is 1.75. The summed E-state index contributed by atoms with van der Waals surface area (Å²) in [5, 5.41) is 18.4. The first kappa shape index (κ1) is 26.5. The number of carbonyl (C=O) groups is 2. The third-order valence-corrected chi connectivity index (χ3v) is 6.11. The van der Waals surface area contributed by atoms with Crippen molar-refractivity contribution in [2.24, 2.45) is 7.05 Å². The van der Waals surface area contributed by atoms with Crippen molar-refractivity contribution >= 4 is 29.4 Å². The Kier molecular flexibility index (Phi) is 7.83. The highest BCUT2D eigenvalue weighted by Crippen LogP contribution is 2.18. The Morgan fingerprint density at radius 3 is 2.33 bits per heavy atom. The molecule has 3 rings (SSSR count). The maximum atomic E-state index is 13.0. The summed E-state index contributed by atoms with van der Waals surface area (Å²) in [6.45, 7) is 6.70. The van der Waals surface area contributed by atoms with Crippen LogP contribution < -0.4 is 27.3 Å². The first-order valence-electron chi connectivity index (χ1n) is 10.9. The van der Waals surface area contributed by atoms with Crippen molar-refractivity contribution in [3.8, 4) is 0 Å². The molecule has 0 fully saturated rings. The van der Waals surface area contributed by atoms with Gasteiger partial charge in [-0.25, -0.2) is 14.6 Å². The molecule has 0 unspecified atom stereocenters. The van der Waals surface area contributed by atoms with E-state index in [4.69, 9.17) is 16.7 Å². The third-order valence-electron chi connectivity index (χ3n) is 5.64. The number of aryl methyl sites for hydroxylation is 5. The Morgan fingerprint density at radius 1 is 1.06 bits per heavy atom. The lowest BCUT2D eigenvalue weighted by Gasteiger charge is -2.15. The van der Waals surface area contributed by atoms with Crippen molar-refractivity contribution in [3.05, 3.63) is 71.9 Å². The predicted molar refractivity (Wildman–Crippen MR) is 133 cm³/mol. The molecule has 0 aliphatic carbocycles. The fourth-order valence-corrected chi connectivity index (χ4v) is 3.98. The molecule has 0 bridgehead atoms. The molecule has 0 aliphatic rings. The van der Waals surface area contributed by atoms with E-state index >= 15 is 0 Å². The van der Waals surface area contributed by atoms with Crippen LogP contribution in [0.5, 0.6) is 0 Å². The van der Waals surface area contributed by atoms with E-state index in [0.717, 1.165) is 15.8 Å². The second kappa shape index (κ2) is 10.6. The van der Waals surface area contributed by atoms with Crippen LogP contribution in [-0.2, 0) is 31.5 Å². The van der Waals surface area contributed by atoms with Gasteiger partial charge in [-0.3, -0.25) is 24.2 Å². The molecule has 0 atom stereocenters. The van der Waals surface area contributed by atoms with Crippen molar-refractivity contribution < 1.29 is 14.7 Å². The molecule has 0 radical (unpaired) electrons. The number of pyridine rings is 1. The number of amides is 2. The number of rotatable bonds is 8. The molecule has 0 aromatic carbocycles. The largest absolute Gasteiger partial charge is 0.465 e. The van der Waals surface area contributed by atoms with Gasteiger partial charge in [0.05, 0.1) is 12.2 Å². The monoisotopic (exact) mass is 518 g/mol. The second-order valence-corrected chi connectivity index (χ2v) is 8.59. The molecule has 192 valence electrons. The summed E-state index contributed by atoms with van der Waals surface area (Å²) in [5.41, 5.74) is 5.13. The molecule has 0 spiro atoms. The fraction of sp³-hybridized carbons (Fsp3) is 0.364. The number of carbonyl (C=O) groups excluding carboxylic acids is 1. The van der Waals surface area contributed by atoms with Gasteiger partial charge in [-0.15, -0.1) is 0 Å². The van der Waals surface area contributed by atoms with Gasteiger partial charge in [-0.1, -0.05) is 11.6 Å². The van der Waals surface area contributed by atoms with Gasteiger partial charge in [-0.2, -0.15) is 9.77 Å². The number of nitrogens with one attached hydrogen (secondary N) is 3. The second-order valence-electron chi connectivity index (χ2n) is 8.24. The van der Waals surface area contributed by atoms with Gasteiger partial charge in [-0.05, 0) is 44.9 Å². The lowest BCUT2D eigenvalue weighted by atomic mass is 10.1. The van der Waals surface area contributed by atoms with Gasteiger partial charge < -0.3 is 15.8 Å². The SMILES string of the molecule is Cc1cc(NC(=O)O)nc(C)c1CNC(=O)Cn1c(C)cc(=O)n(NCc2c(C)nn(C)c2Cl)c1=O. The topological polar surface area (TPSA) is 165 Å². The Labute approximate surface area is 210 Å². The highest BCUT2D eigenvalue weighted by molar-refractivity contribution is 6.30. The van der Waals surface area contributed by atoms with Crippen LogP contribution in [0, 0.1) is 27.7 Å². The van der Waals surface area contributed by atoms with Crippen LogP contribution in [-0.4, -0.2) is 41.1 Å². The van der Waals surface area contributed by atoms with Gasteiger partial charge in [0, 0.05) is 36.6 Å². The minimum absolute atomic E-state index is 0.0845. The molecule has 2 amide bonds. The molecule has 3 aromatic rings. The van der Waals surface area contributed by atoms with Crippen molar-refractivity contribution in [3.63, 3.8) is 0 Å². The smallest absolute Gasteiger partial charge is 0.410 e. The molecule has 13 nitrogen and oxygen atoms in total. The van der Waals surface area contributed by atoms with Crippen LogP contribution in [0.25, 0.3) is 0 Å². The van der Waals surface area contributed by atoms with Crippen molar-refractivity contribution in [1.82, 2.24) is 29.3 Å². The Hall–Kier alpha value is -4.13. The molecule has 0 aliphatic heterocycles. The summed E-state index contributed by atoms with van der Waals surface area (Å²) in [4.78, 5) is 53.2. The number of carboxylic acid groups (broad SMARTS) is 1. The van der Waals surface area contributed by atoms with Crippen LogP contribution in [0.1, 0.15) is 33.8 Å². The minimum Gasteiger partial charge on any atom is -0.465 e. The van der Waals surface area contributed by atoms with Gasteiger partial charge in [0.15, 0.2) is 0 Å². The maximum absolute atomic E-state index is 13.0. The third kappa shape index (κ3) is 5.74. The van der Waals surface area contributed by atoms with E-state index in [9.17, 15) is 19.2 Å². The predicted octanol–water partition coefficient (Wildman–Crippen LogP) is 1.18. The normalized spacial score (nSPS) is 10.8. The number of nitrogens with zero attached hydrogens (tertiary/aromatic N) is 5. The molecule has 36 heavy (non-hydrogen) atoms. The summed E-state index contributed by atoms with van der Waals surface area (Å²) in [5.74, 6) is -0.268. The van der Waals surface area contributed by atoms with E-state index in [2.05, 4.69) is 26.1 Å². The number of anilines is 1. The number of hydrogen-bond donors (Lipinski definition) is 4. The van der Waals surface area contributed by atoms with E-state index in [0.29, 0.717) is 27.8 Å². The van der Waals surface area contributed by atoms with Gasteiger partial charge in [0.1, 0.15) is 17.5 Å². The Bertz CT molecular complexity index is 1430. The highest BCUT2D eigenvalue weighted by Gasteiger charge is 2.16. The molecule has 0 saturated carbocycles. The first-order chi connectivity index (χ1) is 16.9. The molecular formula is C22H27ClN8O5. The summed E-state index contributed by atoms with van der Waals surface area (Å²) < 4.78 is 3.50. The molecule has 4 N–H and O–H groups in total. The average molecular weight is 519 g/mol. The zero-order valence-corrected chi connectivity index (χ0v) is 21.2. The average Bonchev–Trinajstić information content (AvgIpc) is 3.01. The molecular weight excluding hydrogens is 492 g/mol. The molecule has 14 heteroatoms. The maximum Gasteiger partial charge on any atom is 0.410 e. The van der Waals surface area contributed by atoms with Gasteiger partial charge >= 0.3 is 11.8 Å². The first-order valence-corrected chi connectivity index (χ1v) is 11.3. The van der Waals surface area contributed by atoms with Crippen LogP contribution in [0.4, 0.5) is 10.6 Å². The zero-order valence-electron chi connectivity index (χ0n) is 20.5. The lowest BCUT2D eigenvalue weighted by molar-refractivity contribution is -0.121. The summed E-state index contributed by atoms with van der Waals surface area (Å²) in [6, 6.07) is 2.82. The number of hydrogen-bond acceptors (Lipinski definition) is 7. The van der Waals surface area contributed by atoms with E-state index in [1.54, 1.807) is 40.8 Å². The van der Waals surface area contributed by atoms with Crippen molar-refractivity contribution in [2.75, 3.05) is 10.7 Å². The minimum atomic E-state index is -1.22. The number of halogens is 1. The summed E-state index contributed by atoms with van der Waals surface area (Å²) >= 11 is 6.23.